The standard InChI is InChI=1S/C13H23N4O5P/c1-15(2)23(4,20)21-9-10-7-16(3)8-12(22-10)17-6-5-11(18)14-13(17)19/h5-6,10,12H,7-9H2,1-4H3,(H,14,18,19)/t10-,12+,23?/m0/s1. The molecule has 1 aromatic heterocycles. The van der Waals surface area contributed by atoms with Gasteiger partial charge in [0.15, 0.2) is 6.23 Å². The number of rotatable bonds is 5. The number of hydrogen-bond donors (Lipinski definition) is 1. The summed E-state index contributed by atoms with van der Waals surface area (Å²) in [5.74, 6) is 0. The fourth-order valence-corrected chi connectivity index (χ4v) is 2.91. The summed E-state index contributed by atoms with van der Waals surface area (Å²) < 4.78 is 26.5. The molecule has 1 unspecified atom stereocenters. The zero-order valence-corrected chi connectivity index (χ0v) is 14.7. The molecule has 0 bridgehead atoms. The van der Waals surface area contributed by atoms with E-state index in [1.54, 1.807) is 25.4 Å². The minimum atomic E-state index is -2.84. The summed E-state index contributed by atoms with van der Waals surface area (Å²) in [4.78, 5) is 27.2. The Hall–Kier alpha value is -1.25. The van der Waals surface area contributed by atoms with Gasteiger partial charge in [0.2, 0.25) is 0 Å². The highest BCUT2D eigenvalue weighted by Crippen LogP contribution is 2.44. The molecule has 1 aliphatic rings. The number of aromatic nitrogens is 2. The van der Waals surface area contributed by atoms with Gasteiger partial charge < -0.3 is 9.26 Å². The first kappa shape index (κ1) is 18.1. The molecule has 2 rings (SSSR count). The van der Waals surface area contributed by atoms with Crippen LogP contribution in [0.15, 0.2) is 21.9 Å². The largest absolute Gasteiger partial charge is 0.350 e. The lowest BCUT2D eigenvalue weighted by Gasteiger charge is -2.37. The van der Waals surface area contributed by atoms with E-state index in [1.807, 2.05) is 11.9 Å². The van der Waals surface area contributed by atoms with E-state index in [9.17, 15) is 14.2 Å². The van der Waals surface area contributed by atoms with Crippen molar-refractivity contribution in [2.45, 2.75) is 12.3 Å². The molecule has 1 saturated heterocycles. The van der Waals surface area contributed by atoms with E-state index in [0.717, 1.165) is 0 Å². The Balaban J connectivity index is 2.09. The molecule has 1 aromatic rings. The van der Waals surface area contributed by atoms with Crippen LogP contribution >= 0.6 is 7.52 Å². The number of morpholine rings is 1. The molecule has 2 heterocycles. The van der Waals surface area contributed by atoms with Crippen molar-refractivity contribution in [2.24, 2.45) is 0 Å². The highest BCUT2D eigenvalue weighted by molar-refractivity contribution is 7.55. The number of aromatic amines is 1. The SMILES string of the molecule is CN1C[C@@H](COP(C)(=O)N(C)C)O[C@@H](n2ccc(=O)[nH]c2=O)C1. The molecule has 0 spiro atoms. The molecule has 130 valence electrons. The second-order valence-corrected chi connectivity index (χ2v) is 8.56. The summed E-state index contributed by atoms with van der Waals surface area (Å²) in [6, 6.07) is 1.27. The van der Waals surface area contributed by atoms with E-state index in [-0.39, 0.29) is 12.7 Å². The molecule has 3 atom stereocenters. The summed E-state index contributed by atoms with van der Waals surface area (Å²) in [5.41, 5.74) is -0.972. The number of hydrogen-bond acceptors (Lipinski definition) is 6. The van der Waals surface area contributed by atoms with Crippen LogP contribution in [0, 0.1) is 0 Å². The van der Waals surface area contributed by atoms with Gasteiger partial charge in [-0.15, -0.1) is 0 Å². The van der Waals surface area contributed by atoms with E-state index in [0.29, 0.717) is 13.1 Å². The molecule has 1 aliphatic heterocycles. The second-order valence-electron chi connectivity index (χ2n) is 5.90. The molecule has 10 heteroatoms. The van der Waals surface area contributed by atoms with Crippen molar-refractivity contribution in [1.82, 2.24) is 19.1 Å². The smallest absolute Gasteiger partial charge is 0.330 e. The zero-order valence-electron chi connectivity index (χ0n) is 13.8. The number of nitrogens with one attached hydrogen (secondary N) is 1. The molecule has 1 fully saturated rings. The first-order valence-corrected chi connectivity index (χ1v) is 9.27. The van der Waals surface area contributed by atoms with Gasteiger partial charge in [-0.3, -0.25) is 23.8 Å². The third kappa shape index (κ3) is 4.62. The molecule has 0 radical (unpaired) electrons. The maximum atomic E-state index is 12.2. The van der Waals surface area contributed by atoms with Gasteiger partial charge >= 0.3 is 5.69 Å². The van der Waals surface area contributed by atoms with Gasteiger partial charge in [-0.2, -0.15) is 0 Å². The van der Waals surface area contributed by atoms with Crippen molar-refractivity contribution < 1.29 is 13.8 Å². The Labute approximate surface area is 134 Å². The van der Waals surface area contributed by atoms with Crippen LogP contribution in [0.2, 0.25) is 0 Å². The number of ether oxygens (including phenoxy) is 1. The van der Waals surface area contributed by atoms with Crippen LogP contribution in [0.4, 0.5) is 0 Å². The Bertz CT molecular complexity index is 700. The predicted molar refractivity (Wildman–Crippen MR) is 85.9 cm³/mol. The molecular formula is C13H23N4O5P. The molecule has 0 aromatic carbocycles. The van der Waals surface area contributed by atoms with Crippen LogP contribution in [-0.2, 0) is 13.8 Å². The lowest BCUT2D eigenvalue weighted by molar-refractivity contribution is -0.128. The number of H-pyrrole nitrogens is 1. The lowest BCUT2D eigenvalue weighted by atomic mass is 10.3. The van der Waals surface area contributed by atoms with E-state index in [1.165, 1.54) is 16.8 Å². The van der Waals surface area contributed by atoms with Gasteiger partial charge in [0.25, 0.3) is 13.1 Å². The molecule has 0 aliphatic carbocycles. The van der Waals surface area contributed by atoms with E-state index >= 15 is 0 Å². The maximum absolute atomic E-state index is 12.2. The Kier molecular flexibility index (Phi) is 5.59. The zero-order chi connectivity index (χ0) is 17.2. The molecule has 0 amide bonds. The Morgan fingerprint density at radius 3 is 2.74 bits per heavy atom. The summed E-state index contributed by atoms with van der Waals surface area (Å²) >= 11 is 0. The molecular weight excluding hydrogens is 323 g/mol. The summed E-state index contributed by atoms with van der Waals surface area (Å²) in [5, 5.41) is 0. The van der Waals surface area contributed by atoms with Crippen LogP contribution in [0.25, 0.3) is 0 Å². The van der Waals surface area contributed by atoms with Gasteiger partial charge in [0.05, 0.1) is 12.7 Å². The second kappa shape index (κ2) is 7.11. The Morgan fingerprint density at radius 2 is 2.13 bits per heavy atom. The third-order valence-electron chi connectivity index (χ3n) is 3.72. The predicted octanol–water partition coefficient (Wildman–Crippen LogP) is -0.233. The molecule has 23 heavy (non-hydrogen) atoms. The van der Waals surface area contributed by atoms with Crippen molar-refractivity contribution in [3.05, 3.63) is 33.1 Å². The number of nitrogens with zero attached hydrogens (tertiary/aromatic N) is 3. The fraction of sp³-hybridized carbons (Fsp3) is 0.692. The average Bonchev–Trinajstić information content (AvgIpc) is 2.44. The monoisotopic (exact) mass is 346 g/mol. The minimum Gasteiger partial charge on any atom is -0.350 e. The fourth-order valence-electron chi connectivity index (χ4n) is 2.23. The summed E-state index contributed by atoms with van der Waals surface area (Å²) in [7, 11) is 2.44. The lowest BCUT2D eigenvalue weighted by Crippen LogP contribution is -2.48. The van der Waals surface area contributed by atoms with Gasteiger partial charge in [-0.25, -0.2) is 9.46 Å². The average molecular weight is 346 g/mol. The molecule has 0 saturated carbocycles. The van der Waals surface area contributed by atoms with Gasteiger partial charge in [-0.1, -0.05) is 0 Å². The van der Waals surface area contributed by atoms with Crippen LogP contribution < -0.4 is 11.2 Å². The van der Waals surface area contributed by atoms with Crippen LogP contribution in [-0.4, -0.2) is 72.7 Å². The van der Waals surface area contributed by atoms with Crippen LogP contribution in [0.1, 0.15) is 6.23 Å². The van der Waals surface area contributed by atoms with Gasteiger partial charge in [-0.05, 0) is 21.1 Å². The first-order valence-electron chi connectivity index (χ1n) is 7.24. The van der Waals surface area contributed by atoms with Crippen molar-refractivity contribution in [3.8, 4) is 0 Å². The molecule has 1 N–H and O–H groups in total. The highest BCUT2D eigenvalue weighted by atomic mass is 31.2. The molecule has 9 nitrogen and oxygen atoms in total. The van der Waals surface area contributed by atoms with Crippen molar-refractivity contribution in [2.75, 3.05) is 47.5 Å². The van der Waals surface area contributed by atoms with E-state index in [4.69, 9.17) is 9.26 Å². The van der Waals surface area contributed by atoms with Crippen molar-refractivity contribution >= 4 is 7.52 Å². The quantitative estimate of drug-likeness (QED) is 0.736. The van der Waals surface area contributed by atoms with Crippen LogP contribution in [0.3, 0.4) is 0 Å². The van der Waals surface area contributed by atoms with Crippen LogP contribution in [0.5, 0.6) is 0 Å². The van der Waals surface area contributed by atoms with Crippen molar-refractivity contribution in [3.63, 3.8) is 0 Å². The highest BCUT2D eigenvalue weighted by Gasteiger charge is 2.30. The topological polar surface area (TPSA) is 96.9 Å². The maximum Gasteiger partial charge on any atom is 0.330 e. The van der Waals surface area contributed by atoms with E-state index in [2.05, 4.69) is 4.98 Å². The normalized spacial score (nSPS) is 25.4. The van der Waals surface area contributed by atoms with Gasteiger partial charge in [0, 0.05) is 32.0 Å². The first-order chi connectivity index (χ1) is 10.7. The number of likely N-dealkylation sites (N-methyl/N-ethyl adjacent to an activating group) is 1. The van der Waals surface area contributed by atoms with Crippen molar-refractivity contribution in [1.29, 1.82) is 0 Å². The minimum absolute atomic E-state index is 0.158. The van der Waals surface area contributed by atoms with E-state index < -0.39 is 25.0 Å². The summed E-state index contributed by atoms with van der Waals surface area (Å²) in [6.07, 6.45) is 0.543. The van der Waals surface area contributed by atoms with Gasteiger partial charge in [0.1, 0.15) is 0 Å². The third-order valence-corrected chi connectivity index (χ3v) is 5.80. The summed E-state index contributed by atoms with van der Waals surface area (Å²) in [6.45, 7) is 2.80. The Morgan fingerprint density at radius 1 is 1.43 bits per heavy atom.